The summed E-state index contributed by atoms with van der Waals surface area (Å²) in [5.41, 5.74) is -1.07. The predicted molar refractivity (Wildman–Crippen MR) is 81.1 cm³/mol. The Bertz CT molecular complexity index is 312. The molecular formula is C17H34O2. The van der Waals surface area contributed by atoms with E-state index in [-0.39, 0.29) is 10.8 Å². The van der Waals surface area contributed by atoms with Gasteiger partial charge < -0.3 is 10.2 Å². The monoisotopic (exact) mass is 270 g/mol. The predicted octanol–water partition coefficient (Wildman–Crippen LogP) is 4.14. The van der Waals surface area contributed by atoms with E-state index in [1.165, 1.54) is 6.42 Å². The lowest BCUT2D eigenvalue weighted by molar-refractivity contribution is -0.0932. The molecule has 1 rings (SSSR count). The van der Waals surface area contributed by atoms with Crippen molar-refractivity contribution in [2.75, 3.05) is 0 Å². The van der Waals surface area contributed by atoms with Crippen LogP contribution in [0.4, 0.5) is 0 Å². The Kier molecular flexibility index (Phi) is 4.50. The maximum absolute atomic E-state index is 11.0. The lowest BCUT2D eigenvalue weighted by Gasteiger charge is -2.48. The van der Waals surface area contributed by atoms with E-state index in [1.807, 2.05) is 13.8 Å². The highest BCUT2D eigenvalue weighted by atomic mass is 16.3. The normalized spacial score (nSPS) is 32.4. The minimum Gasteiger partial charge on any atom is -0.390 e. The van der Waals surface area contributed by atoms with Gasteiger partial charge in [0.05, 0.1) is 11.2 Å². The summed E-state index contributed by atoms with van der Waals surface area (Å²) in [6, 6.07) is 0. The highest BCUT2D eigenvalue weighted by Gasteiger charge is 2.44. The average molecular weight is 270 g/mol. The molecule has 1 aliphatic rings. The van der Waals surface area contributed by atoms with Crippen LogP contribution >= 0.6 is 0 Å². The second kappa shape index (κ2) is 5.04. The standard InChI is InChI=1S/C17H34O2/c1-13-8-14(2,3)11-17(19,9-13)12-15(4,5)10-16(6,7)18/h13,18-19H,8-12H2,1-7H3/t13?,17-/m0/s1. The van der Waals surface area contributed by atoms with E-state index < -0.39 is 11.2 Å². The third-order valence-electron chi connectivity index (χ3n) is 4.16. The first-order valence-electron chi connectivity index (χ1n) is 7.67. The van der Waals surface area contributed by atoms with Crippen LogP contribution in [0.25, 0.3) is 0 Å². The molecule has 2 heteroatoms. The molecule has 1 saturated carbocycles. The lowest BCUT2D eigenvalue weighted by Crippen LogP contribution is -2.45. The Morgan fingerprint density at radius 2 is 1.63 bits per heavy atom. The average Bonchev–Trinajstić information content (AvgIpc) is 1.87. The zero-order valence-electron chi connectivity index (χ0n) is 14.0. The summed E-state index contributed by atoms with van der Waals surface area (Å²) in [5, 5.41) is 21.1. The second-order valence-corrected chi connectivity index (χ2v) is 9.41. The van der Waals surface area contributed by atoms with Crippen LogP contribution < -0.4 is 0 Å². The molecule has 0 saturated heterocycles. The summed E-state index contributed by atoms with van der Waals surface area (Å²) in [7, 11) is 0. The molecule has 0 aromatic carbocycles. The summed E-state index contributed by atoms with van der Waals surface area (Å²) < 4.78 is 0. The summed E-state index contributed by atoms with van der Waals surface area (Å²) >= 11 is 0. The van der Waals surface area contributed by atoms with Gasteiger partial charge in [0.15, 0.2) is 0 Å². The Morgan fingerprint density at radius 3 is 2.05 bits per heavy atom. The first kappa shape index (κ1) is 17.0. The van der Waals surface area contributed by atoms with Crippen LogP contribution in [0.2, 0.25) is 0 Å². The molecule has 114 valence electrons. The van der Waals surface area contributed by atoms with Gasteiger partial charge in [-0.1, -0.05) is 34.6 Å². The molecule has 2 nitrogen and oxygen atoms in total. The van der Waals surface area contributed by atoms with Crippen molar-refractivity contribution in [3.63, 3.8) is 0 Å². The van der Waals surface area contributed by atoms with Crippen LogP contribution in [-0.4, -0.2) is 21.4 Å². The van der Waals surface area contributed by atoms with Crippen molar-refractivity contribution in [1.29, 1.82) is 0 Å². The molecular weight excluding hydrogens is 236 g/mol. The van der Waals surface area contributed by atoms with Crippen molar-refractivity contribution >= 4 is 0 Å². The minimum atomic E-state index is -0.671. The van der Waals surface area contributed by atoms with Gasteiger partial charge in [-0.05, 0) is 62.7 Å². The van der Waals surface area contributed by atoms with Gasteiger partial charge in [0, 0.05) is 0 Å². The van der Waals surface area contributed by atoms with Gasteiger partial charge in [0.2, 0.25) is 0 Å². The smallest absolute Gasteiger partial charge is 0.0660 e. The van der Waals surface area contributed by atoms with Crippen molar-refractivity contribution in [3.8, 4) is 0 Å². The molecule has 0 spiro atoms. The molecule has 0 aromatic heterocycles. The second-order valence-electron chi connectivity index (χ2n) is 9.41. The van der Waals surface area contributed by atoms with Gasteiger partial charge >= 0.3 is 0 Å². The van der Waals surface area contributed by atoms with E-state index in [1.54, 1.807) is 0 Å². The maximum atomic E-state index is 11.0. The van der Waals surface area contributed by atoms with Crippen LogP contribution in [0.1, 0.15) is 80.6 Å². The van der Waals surface area contributed by atoms with Gasteiger partial charge in [-0.3, -0.25) is 0 Å². The number of hydrogen-bond donors (Lipinski definition) is 2. The van der Waals surface area contributed by atoms with Crippen LogP contribution in [0, 0.1) is 16.7 Å². The molecule has 1 unspecified atom stereocenters. The van der Waals surface area contributed by atoms with Crippen LogP contribution in [0.3, 0.4) is 0 Å². The molecule has 0 radical (unpaired) electrons. The summed E-state index contributed by atoms with van der Waals surface area (Å²) in [6.07, 6.45) is 4.46. The summed E-state index contributed by atoms with van der Waals surface area (Å²) in [4.78, 5) is 0. The van der Waals surface area contributed by atoms with E-state index >= 15 is 0 Å². The first-order chi connectivity index (χ1) is 8.22. The van der Waals surface area contributed by atoms with Gasteiger partial charge in [-0.25, -0.2) is 0 Å². The van der Waals surface area contributed by atoms with E-state index in [0.717, 1.165) is 25.7 Å². The van der Waals surface area contributed by atoms with Crippen LogP contribution in [0.5, 0.6) is 0 Å². The fraction of sp³-hybridized carbons (Fsp3) is 1.00. The van der Waals surface area contributed by atoms with Gasteiger partial charge in [-0.2, -0.15) is 0 Å². The number of aliphatic hydroxyl groups is 2. The van der Waals surface area contributed by atoms with Gasteiger partial charge in [0.1, 0.15) is 0 Å². The summed E-state index contributed by atoms with van der Waals surface area (Å²) in [6.45, 7) is 14.8. The highest BCUT2D eigenvalue weighted by molar-refractivity contribution is 4.96. The van der Waals surface area contributed by atoms with Crippen molar-refractivity contribution < 1.29 is 10.2 Å². The van der Waals surface area contributed by atoms with Crippen molar-refractivity contribution in [3.05, 3.63) is 0 Å². The van der Waals surface area contributed by atoms with E-state index in [0.29, 0.717) is 5.92 Å². The molecule has 1 aliphatic carbocycles. The van der Waals surface area contributed by atoms with Gasteiger partial charge in [-0.15, -0.1) is 0 Å². The topological polar surface area (TPSA) is 40.5 Å². The number of rotatable bonds is 4. The molecule has 0 heterocycles. The maximum Gasteiger partial charge on any atom is 0.0660 e. The Morgan fingerprint density at radius 1 is 1.11 bits per heavy atom. The molecule has 0 amide bonds. The van der Waals surface area contributed by atoms with Crippen LogP contribution in [0.15, 0.2) is 0 Å². The third kappa shape index (κ3) is 5.83. The SMILES string of the molecule is CC1CC(C)(C)C[C@](O)(CC(C)(C)CC(C)(C)O)C1. The number of hydrogen-bond acceptors (Lipinski definition) is 2. The molecule has 2 N–H and O–H groups in total. The fourth-order valence-electron chi connectivity index (χ4n) is 4.96. The van der Waals surface area contributed by atoms with E-state index in [4.69, 9.17) is 0 Å². The van der Waals surface area contributed by atoms with Gasteiger partial charge in [0.25, 0.3) is 0 Å². The summed E-state index contributed by atoms with van der Waals surface area (Å²) in [5.74, 6) is 0.576. The van der Waals surface area contributed by atoms with Crippen molar-refractivity contribution in [2.45, 2.75) is 91.8 Å². The minimum absolute atomic E-state index is 0.0415. The largest absolute Gasteiger partial charge is 0.390 e. The van der Waals surface area contributed by atoms with Crippen LogP contribution in [-0.2, 0) is 0 Å². The third-order valence-corrected chi connectivity index (χ3v) is 4.16. The zero-order valence-corrected chi connectivity index (χ0v) is 14.0. The zero-order chi connectivity index (χ0) is 15.1. The molecule has 1 fully saturated rings. The van der Waals surface area contributed by atoms with Crippen molar-refractivity contribution in [1.82, 2.24) is 0 Å². The quantitative estimate of drug-likeness (QED) is 0.806. The lowest BCUT2D eigenvalue weighted by atomic mass is 9.61. The first-order valence-corrected chi connectivity index (χ1v) is 7.67. The molecule has 0 aliphatic heterocycles. The fourth-order valence-corrected chi connectivity index (χ4v) is 4.96. The highest BCUT2D eigenvalue weighted by Crippen LogP contribution is 2.49. The molecule has 0 bridgehead atoms. The van der Waals surface area contributed by atoms with E-state index in [9.17, 15) is 10.2 Å². The molecule has 2 atom stereocenters. The van der Waals surface area contributed by atoms with E-state index in [2.05, 4.69) is 34.6 Å². The van der Waals surface area contributed by atoms with Crippen molar-refractivity contribution in [2.24, 2.45) is 16.7 Å². The Hall–Kier alpha value is -0.0800. The molecule has 0 aromatic rings. The molecule has 19 heavy (non-hydrogen) atoms. The Labute approximate surface area is 119 Å². The Balaban J connectivity index is 2.78.